The van der Waals surface area contributed by atoms with E-state index in [1.54, 1.807) is 6.08 Å². The van der Waals surface area contributed by atoms with E-state index in [0.29, 0.717) is 35.1 Å². The van der Waals surface area contributed by atoms with Crippen LogP contribution in [0.4, 0.5) is 0 Å². The van der Waals surface area contributed by atoms with Crippen molar-refractivity contribution in [3.8, 4) is 17.2 Å². The number of carbonyl (C=O) groups excluding carboxylic acids is 1. The Hall–Kier alpha value is -4.37. The van der Waals surface area contributed by atoms with Crippen LogP contribution in [0.25, 0.3) is 6.08 Å². The first-order valence-corrected chi connectivity index (χ1v) is 13.9. The van der Waals surface area contributed by atoms with Crippen LogP contribution in [-0.2, 0) is 4.79 Å². The van der Waals surface area contributed by atoms with Gasteiger partial charge < -0.3 is 14.2 Å². The van der Waals surface area contributed by atoms with Gasteiger partial charge in [0.05, 0.1) is 5.57 Å². The molecule has 0 saturated carbocycles. The SMILES string of the molecule is CCC(C)c1ccc(OCCOc2ccc(C=C3C(=N)N4N=C(COc5ccccc5)SC4=NC3=O)cc2)cc1. The highest BCUT2D eigenvalue weighted by molar-refractivity contribution is 8.27. The zero-order valence-electron chi connectivity index (χ0n) is 22.4. The minimum atomic E-state index is -0.473. The third kappa shape index (κ3) is 6.60. The van der Waals surface area contributed by atoms with E-state index < -0.39 is 5.91 Å². The van der Waals surface area contributed by atoms with E-state index in [-0.39, 0.29) is 18.0 Å². The second-order valence-corrected chi connectivity index (χ2v) is 10.3. The third-order valence-electron chi connectivity index (χ3n) is 6.48. The van der Waals surface area contributed by atoms with Gasteiger partial charge in [0.15, 0.2) is 5.84 Å². The van der Waals surface area contributed by atoms with Crippen LogP contribution < -0.4 is 14.2 Å². The average Bonchev–Trinajstić information content (AvgIpc) is 3.40. The lowest BCUT2D eigenvalue weighted by Crippen LogP contribution is -2.35. The molecule has 0 aromatic heterocycles. The van der Waals surface area contributed by atoms with Gasteiger partial charge in [-0.3, -0.25) is 10.2 Å². The van der Waals surface area contributed by atoms with E-state index in [9.17, 15) is 4.79 Å². The number of ether oxygens (including phenoxy) is 3. The molecule has 0 bridgehead atoms. The lowest BCUT2D eigenvalue weighted by atomic mass is 9.99. The predicted octanol–water partition coefficient (Wildman–Crippen LogP) is 6.36. The number of carbonyl (C=O) groups is 1. The Balaban J connectivity index is 1.13. The summed E-state index contributed by atoms with van der Waals surface area (Å²) < 4.78 is 17.3. The number of amidine groups is 2. The molecule has 0 fully saturated rings. The normalized spacial score (nSPS) is 16.4. The molecule has 0 radical (unpaired) electrons. The number of nitrogens with one attached hydrogen (secondary N) is 1. The molecule has 1 amide bonds. The first kappa shape index (κ1) is 27.2. The molecule has 1 atom stereocenters. The number of rotatable bonds is 11. The van der Waals surface area contributed by atoms with Crippen LogP contribution in [0.15, 0.2) is 94.5 Å². The number of hydrogen-bond acceptors (Lipinski definition) is 7. The minimum Gasteiger partial charge on any atom is -0.490 e. The molecule has 0 aliphatic carbocycles. The Bertz CT molecular complexity index is 1450. The van der Waals surface area contributed by atoms with Gasteiger partial charge in [-0.25, -0.2) is 0 Å². The topological polar surface area (TPSA) is 96.6 Å². The van der Waals surface area contributed by atoms with E-state index >= 15 is 0 Å². The van der Waals surface area contributed by atoms with E-state index in [2.05, 4.69) is 36.1 Å². The summed E-state index contributed by atoms with van der Waals surface area (Å²) in [5.41, 5.74) is 2.23. The summed E-state index contributed by atoms with van der Waals surface area (Å²) in [6, 6.07) is 24.9. The van der Waals surface area contributed by atoms with Gasteiger partial charge in [-0.05, 0) is 77.7 Å². The standard InChI is InChI=1S/C31H30N4O4S/c1-3-21(2)23-11-15-26(16-12-23)38-18-17-37-25-13-9-22(10-14-25)19-27-29(32)35-31(33-30(27)36)40-28(34-35)20-39-24-7-5-4-6-8-24/h4-16,19,21,32H,3,17-18,20H2,1-2H3. The number of thioether (sulfide) groups is 1. The van der Waals surface area contributed by atoms with Crippen molar-refractivity contribution in [2.45, 2.75) is 26.2 Å². The van der Waals surface area contributed by atoms with Gasteiger partial charge in [0.25, 0.3) is 5.91 Å². The van der Waals surface area contributed by atoms with E-state index in [0.717, 1.165) is 23.5 Å². The fraction of sp³-hybridized carbons (Fsp3) is 0.226. The van der Waals surface area contributed by atoms with Crippen molar-refractivity contribution < 1.29 is 19.0 Å². The summed E-state index contributed by atoms with van der Waals surface area (Å²) in [7, 11) is 0. The number of hydrazone groups is 1. The summed E-state index contributed by atoms with van der Waals surface area (Å²) in [6.45, 7) is 5.44. The van der Waals surface area contributed by atoms with E-state index in [4.69, 9.17) is 19.6 Å². The smallest absolute Gasteiger partial charge is 0.283 e. The first-order valence-electron chi connectivity index (χ1n) is 13.1. The highest BCUT2D eigenvalue weighted by Crippen LogP contribution is 2.29. The molecule has 204 valence electrons. The van der Waals surface area contributed by atoms with Gasteiger partial charge in [-0.15, -0.1) is 0 Å². The minimum absolute atomic E-state index is 0.0214. The van der Waals surface area contributed by atoms with Gasteiger partial charge in [0.1, 0.15) is 42.1 Å². The van der Waals surface area contributed by atoms with Crippen LogP contribution in [0.3, 0.4) is 0 Å². The van der Waals surface area contributed by atoms with Crippen LogP contribution in [0.1, 0.15) is 37.3 Å². The molecular formula is C31H30N4O4S. The summed E-state index contributed by atoms with van der Waals surface area (Å²) >= 11 is 1.23. The largest absolute Gasteiger partial charge is 0.490 e. The molecule has 9 heteroatoms. The highest BCUT2D eigenvalue weighted by atomic mass is 32.2. The van der Waals surface area contributed by atoms with Crippen molar-refractivity contribution in [2.24, 2.45) is 10.1 Å². The Morgan fingerprint density at radius 1 is 0.900 bits per heavy atom. The lowest BCUT2D eigenvalue weighted by Gasteiger charge is -2.20. The fourth-order valence-corrected chi connectivity index (χ4v) is 4.82. The number of nitrogens with zero attached hydrogens (tertiary/aromatic N) is 3. The molecule has 3 aromatic carbocycles. The van der Waals surface area contributed by atoms with Crippen molar-refractivity contribution in [2.75, 3.05) is 19.8 Å². The van der Waals surface area contributed by atoms with Gasteiger partial charge >= 0.3 is 0 Å². The maximum Gasteiger partial charge on any atom is 0.283 e. The maximum atomic E-state index is 12.7. The van der Waals surface area contributed by atoms with Crippen molar-refractivity contribution in [1.82, 2.24) is 5.01 Å². The molecule has 0 spiro atoms. The molecule has 5 rings (SSSR count). The molecule has 0 saturated heterocycles. The summed E-state index contributed by atoms with van der Waals surface area (Å²) in [6.07, 6.45) is 2.75. The Kier molecular flexibility index (Phi) is 8.61. The molecule has 8 nitrogen and oxygen atoms in total. The fourth-order valence-electron chi connectivity index (χ4n) is 4.03. The van der Waals surface area contributed by atoms with Crippen molar-refractivity contribution >= 4 is 39.8 Å². The number of amides is 1. The number of fused-ring (bicyclic) bond motifs is 1. The second-order valence-electron chi connectivity index (χ2n) is 9.26. The van der Waals surface area contributed by atoms with Gasteiger partial charge in [0.2, 0.25) is 5.17 Å². The first-order chi connectivity index (χ1) is 19.5. The van der Waals surface area contributed by atoms with Crippen LogP contribution in [-0.4, -0.2) is 46.8 Å². The summed E-state index contributed by atoms with van der Waals surface area (Å²) in [5, 5.41) is 15.3. The molecule has 1 N–H and O–H groups in total. The molecule has 3 aromatic rings. The zero-order chi connectivity index (χ0) is 27.9. The monoisotopic (exact) mass is 554 g/mol. The summed E-state index contributed by atoms with van der Waals surface area (Å²) in [4.78, 5) is 16.8. The number of benzene rings is 3. The summed E-state index contributed by atoms with van der Waals surface area (Å²) in [5.74, 6) is 2.27. The Labute approximate surface area is 237 Å². The van der Waals surface area contributed by atoms with Gasteiger partial charge in [-0.2, -0.15) is 15.1 Å². The van der Waals surface area contributed by atoms with Crippen LogP contribution in [0, 0.1) is 5.41 Å². The average molecular weight is 555 g/mol. The van der Waals surface area contributed by atoms with Crippen molar-refractivity contribution in [3.63, 3.8) is 0 Å². The van der Waals surface area contributed by atoms with E-state index in [1.165, 1.54) is 22.3 Å². The third-order valence-corrected chi connectivity index (χ3v) is 7.36. The van der Waals surface area contributed by atoms with Crippen molar-refractivity contribution in [1.29, 1.82) is 5.41 Å². The van der Waals surface area contributed by atoms with E-state index in [1.807, 2.05) is 66.7 Å². The maximum absolute atomic E-state index is 12.7. The Morgan fingerprint density at radius 2 is 1.52 bits per heavy atom. The number of aliphatic imine (C=N–C) groups is 1. The Morgan fingerprint density at radius 3 is 2.17 bits per heavy atom. The number of para-hydroxylation sites is 1. The molecular weight excluding hydrogens is 524 g/mol. The quantitative estimate of drug-likeness (QED) is 0.219. The molecule has 1 unspecified atom stereocenters. The zero-order valence-corrected chi connectivity index (χ0v) is 23.2. The molecule has 2 aliphatic heterocycles. The molecule has 2 aliphatic rings. The van der Waals surface area contributed by atoms with Crippen LogP contribution >= 0.6 is 11.8 Å². The van der Waals surface area contributed by atoms with Gasteiger partial charge in [-0.1, -0.05) is 56.3 Å². The second kappa shape index (κ2) is 12.7. The van der Waals surface area contributed by atoms with Crippen LogP contribution in [0.2, 0.25) is 0 Å². The molecule has 2 heterocycles. The lowest BCUT2D eigenvalue weighted by molar-refractivity contribution is -0.114. The van der Waals surface area contributed by atoms with Crippen LogP contribution in [0.5, 0.6) is 17.2 Å². The van der Waals surface area contributed by atoms with Gasteiger partial charge in [0, 0.05) is 0 Å². The highest BCUT2D eigenvalue weighted by Gasteiger charge is 2.35. The van der Waals surface area contributed by atoms with Crippen molar-refractivity contribution in [3.05, 3.63) is 95.6 Å². The predicted molar refractivity (Wildman–Crippen MR) is 160 cm³/mol. The number of hydrogen-bond donors (Lipinski definition) is 1. The molecule has 40 heavy (non-hydrogen) atoms.